The lowest BCUT2D eigenvalue weighted by molar-refractivity contribution is 0.0657. The van der Waals surface area contributed by atoms with Gasteiger partial charge in [-0.25, -0.2) is 0 Å². The molecule has 1 amide bonds. The fourth-order valence-corrected chi connectivity index (χ4v) is 3.34. The minimum Gasteiger partial charge on any atom is -0.459 e. The van der Waals surface area contributed by atoms with E-state index in [0.29, 0.717) is 24.9 Å². The van der Waals surface area contributed by atoms with E-state index in [1.165, 1.54) is 19.3 Å². The van der Waals surface area contributed by atoms with Crippen molar-refractivity contribution in [3.63, 3.8) is 0 Å². The lowest BCUT2D eigenvalue weighted by Crippen LogP contribution is -2.54. The number of piperazine rings is 1. The fourth-order valence-electron chi connectivity index (χ4n) is 3.34. The second-order valence-electron chi connectivity index (χ2n) is 6.59. The van der Waals surface area contributed by atoms with E-state index in [0.717, 1.165) is 31.5 Å². The molecule has 3 rings (SSSR count). The van der Waals surface area contributed by atoms with Crippen molar-refractivity contribution in [3.8, 4) is 0 Å². The van der Waals surface area contributed by atoms with Crippen molar-refractivity contribution in [2.45, 2.75) is 39.2 Å². The third-order valence-electron chi connectivity index (χ3n) is 4.80. The molecular weight excluding hydrogens is 304 g/mol. The van der Waals surface area contributed by atoms with Crippen LogP contribution in [0.2, 0.25) is 0 Å². The second-order valence-corrected chi connectivity index (χ2v) is 6.59. The summed E-state index contributed by atoms with van der Waals surface area (Å²) in [6.07, 6.45) is 5.34. The molecule has 1 saturated heterocycles. The van der Waals surface area contributed by atoms with Crippen LogP contribution in [0, 0.1) is 5.92 Å². The quantitative estimate of drug-likeness (QED) is 0.663. The number of hydrogen-bond acceptors (Lipinski definition) is 3. The monoisotopic (exact) mass is 332 g/mol. The highest BCUT2D eigenvalue weighted by molar-refractivity contribution is 5.91. The number of rotatable bonds is 5. The zero-order valence-corrected chi connectivity index (χ0v) is 14.7. The van der Waals surface area contributed by atoms with Crippen LogP contribution in [0.25, 0.3) is 0 Å². The first-order valence-corrected chi connectivity index (χ1v) is 9.11. The van der Waals surface area contributed by atoms with Gasteiger partial charge in [-0.2, -0.15) is 0 Å². The summed E-state index contributed by atoms with van der Waals surface area (Å²) in [4.78, 5) is 21.1. The van der Waals surface area contributed by atoms with Crippen LogP contribution in [-0.2, 0) is 0 Å². The zero-order chi connectivity index (χ0) is 16.9. The maximum absolute atomic E-state index is 12.3. The summed E-state index contributed by atoms with van der Waals surface area (Å²) < 4.78 is 5.22. The normalized spacial score (nSPS) is 24.2. The van der Waals surface area contributed by atoms with Crippen molar-refractivity contribution in [2.75, 3.05) is 32.7 Å². The lowest BCUT2D eigenvalue weighted by atomic mass is 10.2. The molecule has 2 fully saturated rings. The molecule has 0 bridgehead atoms. The Labute approximate surface area is 143 Å². The van der Waals surface area contributed by atoms with Crippen LogP contribution in [0.3, 0.4) is 0 Å². The van der Waals surface area contributed by atoms with E-state index in [4.69, 9.17) is 4.42 Å². The third-order valence-corrected chi connectivity index (χ3v) is 4.80. The van der Waals surface area contributed by atoms with Crippen LogP contribution in [0.15, 0.2) is 27.8 Å². The number of carbonyl (C=O) groups excluding carboxylic acids is 1. The van der Waals surface area contributed by atoms with Crippen LogP contribution >= 0.6 is 0 Å². The summed E-state index contributed by atoms with van der Waals surface area (Å²) in [5.74, 6) is 2.21. The zero-order valence-electron chi connectivity index (χ0n) is 14.7. The lowest BCUT2D eigenvalue weighted by Gasteiger charge is -2.36. The third kappa shape index (κ3) is 3.91. The van der Waals surface area contributed by atoms with Crippen LogP contribution in [-0.4, -0.2) is 60.4 Å². The van der Waals surface area contributed by atoms with Gasteiger partial charge < -0.3 is 19.5 Å². The predicted molar refractivity (Wildman–Crippen MR) is 94.1 cm³/mol. The maximum atomic E-state index is 12.3. The average Bonchev–Trinajstić information content (AvgIpc) is 3.11. The van der Waals surface area contributed by atoms with Gasteiger partial charge in [0, 0.05) is 38.8 Å². The van der Waals surface area contributed by atoms with Gasteiger partial charge in [-0.05, 0) is 37.8 Å². The largest absolute Gasteiger partial charge is 0.459 e. The number of furan rings is 1. The molecule has 6 heteroatoms. The molecule has 2 atom stereocenters. The SMILES string of the molecule is CCCC1CC1NC(=NCC)N1CCN(C(=O)c2ccco2)CC1. The van der Waals surface area contributed by atoms with Gasteiger partial charge in [0.15, 0.2) is 11.7 Å². The molecule has 2 unspecified atom stereocenters. The standard InChI is InChI=1S/C18H28N4O2/c1-3-6-14-13-15(14)20-18(19-4-2)22-10-8-21(9-11-22)17(23)16-7-5-12-24-16/h5,7,12,14-15H,3-4,6,8-11,13H2,1-2H3,(H,19,20). The van der Waals surface area contributed by atoms with E-state index in [-0.39, 0.29) is 5.91 Å². The van der Waals surface area contributed by atoms with Gasteiger partial charge in [-0.3, -0.25) is 9.79 Å². The maximum Gasteiger partial charge on any atom is 0.289 e. The summed E-state index contributed by atoms with van der Waals surface area (Å²) in [5, 5.41) is 3.62. The minimum absolute atomic E-state index is 0.0215. The van der Waals surface area contributed by atoms with E-state index >= 15 is 0 Å². The predicted octanol–water partition coefficient (Wildman–Crippen LogP) is 2.19. The van der Waals surface area contributed by atoms with Crippen molar-refractivity contribution in [1.82, 2.24) is 15.1 Å². The van der Waals surface area contributed by atoms with Gasteiger partial charge in [0.1, 0.15) is 0 Å². The molecule has 2 aliphatic rings. The van der Waals surface area contributed by atoms with Gasteiger partial charge >= 0.3 is 0 Å². The van der Waals surface area contributed by atoms with Gasteiger partial charge in [0.2, 0.25) is 0 Å². The molecule has 0 aromatic carbocycles. The molecular formula is C18H28N4O2. The highest BCUT2D eigenvalue weighted by Gasteiger charge is 2.37. The molecule has 1 aromatic heterocycles. The topological polar surface area (TPSA) is 61.1 Å². The Morgan fingerprint density at radius 1 is 1.29 bits per heavy atom. The molecule has 24 heavy (non-hydrogen) atoms. The Balaban J connectivity index is 1.52. The average molecular weight is 332 g/mol. The molecule has 2 heterocycles. The number of nitrogens with zero attached hydrogens (tertiary/aromatic N) is 3. The molecule has 0 spiro atoms. The smallest absolute Gasteiger partial charge is 0.289 e. The highest BCUT2D eigenvalue weighted by atomic mass is 16.3. The number of nitrogens with one attached hydrogen (secondary N) is 1. The molecule has 1 aliphatic carbocycles. The van der Waals surface area contributed by atoms with Gasteiger partial charge in [0.05, 0.1) is 6.26 Å². The van der Waals surface area contributed by atoms with Crippen molar-refractivity contribution in [1.29, 1.82) is 0 Å². The van der Waals surface area contributed by atoms with E-state index in [1.807, 2.05) is 4.90 Å². The van der Waals surface area contributed by atoms with Crippen molar-refractivity contribution >= 4 is 11.9 Å². The molecule has 6 nitrogen and oxygen atoms in total. The fraction of sp³-hybridized carbons (Fsp3) is 0.667. The number of guanidine groups is 1. The summed E-state index contributed by atoms with van der Waals surface area (Å²) in [6.45, 7) is 8.10. The second kappa shape index (κ2) is 7.73. The molecule has 1 aliphatic heterocycles. The van der Waals surface area contributed by atoms with Gasteiger partial charge in [0.25, 0.3) is 5.91 Å². The number of amides is 1. The molecule has 0 radical (unpaired) electrons. The molecule has 132 valence electrons. The van der Waals surface area contributed by atoms with Gasteiger partial charge in [-0.1, -0.05) is 13.3 Å². The van der Waals surface area contributed by atoms with Crippen LogP contribution in [0.4, 0.5) is 0 Å². The summed E-state index contributed by atoms with van der Waals surface area (Å²) in [6, 6.07) is 4.06. The van der Waals surface area contributed by atoms with Crippen LogP contribution < -0.4 is 5.32 Å². The molecule has 1 saturated carbocycles. The number of aliphatic imine (C=N–C) groups is 1. The van der Waals surface area contributed by atoms with E-state index in [9.17, 15) is 4.79 Å². The van der Waals surface area contributed by atoms with Crippen LogP contribution in [0.5, 0.6) is 0 Å². The summed E-state index contributed by atoms with van der Waals surface area (Å²) >= 11 is 0. The Kier molecular flexibility index (Phi) is 5.43. The number of hydrogen-bond donors (Lipinski definition) is 1. The summed E-state index contributed by atoms with van der Waals surface area (Å²) in [7, 11) is 0. The van der Waals surface area contributed by atoms with E-state index < -0.39 is 0 Å². The van der Waals surface area contributed by atoms with Crippen molar-refractivity contribution in [3.05, 3.63) is 24.2 Å². The Morgan fingerprint density at radius 2 is 2.04 bits per heavy atom. The number of carbonyl (C=O) groups is 1. The first-order chi connectivity index (χ1) is 11.7. The Hall–Kier alpha value is -1.98. The first kappa shape index (κ1) is 16.9. The van der Waals surface area contributed by atoms with Crippen LogP contribution in [0.1, 0.15) is 43.7 Å². The minimum atomic E-state index is -0.0215. The summed E-state index contributed by atoms with van der Waals surface area (Å²) in [5.41, 5.74) is 0. The first-order valence-electron chi connectivity index (χ1n) is 9.11. The van der Waals surface area contributed by atoms with Crippen molar-refractivity contribution < 1.29 is 9.21 Å². The molecule has 1 aromatic rings. The van der Waals surface area contributed by atoms with Gasteiger partial charge in [-0.15, -0.1) is 0 Å². The Morgan fingerprint density at radius 3 is 2.67 bits per heavy atom. The molecule has 1 N–H and O–H groups in total. The highest BCUT2D eigenvalue weighted by Crippen LogP contribution is 2.34. The van der Waals surface area contributed by atoms with E-state index in [1.54, 1.807) is 18.4 Å². The Bertz CT molecular complexity index is 562. The van der Waals surface area contributed by atoms with Crippen molar-refractivity contribution in [2.24, 2.45) is 10.9 Å². The van der Waals surface area contributed by atoms with E-state index in [2.05, 4.69) is 29.1 Å².